The number of carbonyl (C=O) groups excluding carboxylic acids is 2. The minimum absolute atomic E-state index is 0.527. The maximum atomic E-state index is 13.0. The lowest BCUT2D eigenvalue weighted by atomic mass is 9.79. The van der Waals surface area contributed by atoms with E-state index >= 15 is 0 Å². The Balaban J connectivity index is 1.98. The largest absolute Gasteiger partial charge is 0.495 e. The summed E-state index contributed by atoms with van der Waals surface area (Å²) in [6.07, 6.45) is 1.81. The second kappa shape index (κ2) is 7.74. The van der Waals surface area contributed by atoms with Crippen molar-refractivity contribution < 1.29 is 23.8 Å². The Bertz CT molecular complexity index is 1130. The number of carbonyl (C=O) groups is 2. The Kier molecular flexibility index (Phi) is 5.40. The third-order valence-corrected chi connectivity index (χ3v) is 6.11. The van der Waals surface area contributed by atoms with Crippen molar-refractivity contribution >= 4 is 54.7 Å². The van der Waals surface area contributed by atoms with Gasteiger partial charge in [0.2, 0.25) is 0 Å². The molecule has 1 aromatic heterocycles. The molecule has 2 heterocycles. The molecule has 3 aromatic rings. The molecule has 30 heavy (non-hydrogen) atoms. The predicted molar refractivity (Wildman–Crippen MR) is 118 cm³/mol. The van der Waals surface area contributed by atoms with Gasteiger partial charge in [-0.15, -0.1) is 0 Å². The van der Waals surface area contributed by atoms with Gasteiger partial charge >= 0.3 is 11.9 Å². The molecule has 8 heteroatoms. The minimum Gasteiger partial charge on any atom is -0.495 e. The van der Waals surface area contributed by atoms with E-state index < -0.39 is 29.6 Å². The molecule has 0 saturated carbocycles. The van der Waals surface area contributed by atoms with Gasteiger partial charge in [-0.3, -0.25) is 9.59 Å². The molecular weight excluding hydrogens is 518 g/mol. The molecule has 0 spiro atoms. The van der Waals surface area contributed by atoms with Crippen molar-refractivity contribution in [1.82, 2.24) is 4.98 Å². The van der Waals surface area contributed by atoms with Crippen molar-refractivity contribution in [1.29, 1.82) is 0 Å². The van der Waals surface area contributed by atoms with Crippen LogP contribution in [-0.2, 0) is 19.1 Å². The average Bonchev–Trinajstić information content (AvgIpc) is 3.07. The molecule has 1 N–H and O–H groups in total. The molecule has 0 aliphatic carbocycles. The summed E-state index contributed by atoms with van der Waals surface area (Å²) in [6.45, 7) is 3.08. The highest BCUT2D eigenvalue weighted by atomic mass is 79.9. The fourth-order valence-corrected chi connectivity index (χ4v) is 5.33. The van der Waals surface area contributed by atoms with Crippen LogP contribution in [-0.4, -0.2) is 29.8 Å². The highest BCUT2D eigenvalue weighted by molar-refractivity contribution is 9.11. The molecule has 1 atom stereocenters. The maximum absolute atomic E-state index is 13.0. The van der Waals surface area contributed by atoms with Crippen LogP contribution in [0.4, 0.5) is 0 Å². The van der Waals surface area contributed by atoms with Crippen LogP contribution in [0.2, 0.25) is 0 Å². The summed E-state index contributed by atoms with van der Waals surface area (Å²) in [7, 11) is 1.55. The van der Waals surface area contributed by atoms with Crippen molar-refractivity contribution in [3.8, 4) is 5.75 Å². The Morgan fingerprint density at radius 3 is 2.40 bits per heavy atom. The number of halogens is 2. The van der Waals surface area contributed by atoms with Gasteiger partial charge in [0.25, 0.3) is 5.79 Å². The molecule has 0 amide bonds. The van der Waals surface area contributed by atoms with Crippen LogP contribution in [0, 0.1) is 5.92 Å². The molecule has 4 rings (SSSR count). The van der Waals surface area contributed by atoms with Crippen molar-refractivity contribution in [2.24, 2.45) is 5.92 Å². The Morgan fingerprint density at radius 1 is 1.07 bits per heavy atom. The topological polar surface area (TPSA) is 77.6 Å². The van der Waals surface area contributed by atoms with E-state index in [2.05, 4.69) is 36.8 Å². The van der Waals surface area contributed by atoms with Crippen molar-refractivity contribution in [3.63, 3.8) is 0 Å². The van der Waals surface area contributed by atoms with Crippen molar-refractivity contribution in [2.45, 2.75) is 25.6 Å². The molecule has 1 saturated heterocycles. The van der Waals surface area contributed by atoms with Crippen LogP contribution in [0.3, 0.4) is 0 Å². The Morgan fingerprint density at radius 2 is 1.73 bits per heavy atom. The standard InChI is InChI=1S/C22H19Br2NO5/c1-22(2)29-20(26)18(21(27)30-22)17(13-8-11(23)9-15(24)19(13)28-3)14-10-25-16-7-5-4-6-12(14)16/h4-10,17-18,25H,1-3H3/t17-/m1/s1. The molecule has 1 aliphatic heterocycles. The number of hydrogen-bond acceptors (Lipinski definition) is 5. The van der Waals surface area contributed by atoms with Crippen LogP contribution >= 0.6 is 31.9 Å². The summed E-state index contributed by atoms with van der Waals surface area (Å²) in [4.78, 5) is 29.3. The van der Waals surface area contributed by atoms with Gasteiger partial charge in [-0.25, -0.2) is 0 Å². The second-order valence-electron chi connectivity index (χ2n) is 7.50. The summed E-state index contributed by atoms with van der Waals surface area (Å²) in [5, 5.41) is 0.895. The summed E-state index contributed by atoms with van der Waals surface area (Å²) in [5.41, 5.74) is 2.32. The molecular formula is C22H19Br2NO5. The summed E-state index contributed by atoms with van der Waals surface area (Å²) >= 11 is 7.02. The van der Waals surface area contributed by atoms with Gasteiger partial charge in [0.05, 0.1) is 11.6 Å². The van der Waals surface area contributed by atoms with E-state index in [0.29, 0.717) is 15.8 Å². The number of para-hydroxylation sites is 1. The molecule has 0 radical (unpaired) electrons. The van der Waals surface area contributed by atoms with E-state index in [9.17, 15) is 9.59 Å². The van der Waals surface area contributed by atoms with Crippen LogP contribution in [0.15, 0.2) is 51.5 Å². The van der Waals surface area contributed by atoms with Crippen molar-refractivity contribution in [3.05, 3.63) is 62.7 Å². The van der Waals surface area contributed by atoms with Gasteiger partial charge < -0.3 is 19.2 Å². The van der Waals surface area contributed by atoms with E-state index in [-0.39, 0.29) is 0 Å². The number of cyclic esters (lactones) is 2. The van der Waals surface area contributed by atoms with Gasteiger partial charge in [-0.2, -0.15) is 0 Å². The Labute approximate surface area is 190 Å². The third kappa shape index (κ3) is 3.63. The molecule has 0 bridgehead atoms. The smallest absolute Gasteiger partial charge is 0.324 e. The van der Waals surface area contributed by atoms with Crippen LogP contribution in [0.25, 0.3) is 10.9 Å². The molecule has 156 valence electrons. The lowest BCUT2D eigenvalue weighted by Gasteiger charge is -2.36. The van der Waals surface area contributed by atoms with E-state index in [1.807, 2.05) is 42.6 Å². The monoisotopic (exact) mass is 535 g/mol. The maximum Gasteiger partial charge on any atom is 0.324 e. The van der Waals surface area contributed by atoms with E-state index in [1.165, 1.54) is 13.8 Å². The number of hydrogen-bond donors (Lipinski definition) is 1. The number of benzene rings is 2. The van der Waals surface area contributed by atoms with Crippen LogP contribution < -0.4 is 4.74 Å². The second-order valence-corrected chi connectivity index (χ2v) is 9.27. The normalized spacial score (nSPS) is 17.5. The summed E-state index contributed by atoms with van der Waals surface area (Å²) in [6, 6.07) is 11.4. The molecule has 1 fully saturated rings. The highest BCUT2D eigenvalue weighted by Gasteiger charge is 2.49. The zero-order valence-corrected chi connectivity index (χ0v) is 19.7. The molecule has 1 aliphatic rings. The van der Waals surface area contributed by atoms with Gasteiger partial charge in [0, 0.05) is 46.9 Å². The fourth-order valence-electron chi connectivity index (χ4n) is 3.91. The molecule has 2 aromatic carbocycles. The first-order chi connectivity index (χ1) is 14.2. The minimum atomic E-state index is -1.31. The number of rotatable bonds is 4. The third-order valence-electron chi connectivity index (χ3n) is 5.07. The van der Waals surface area contributed by atoms with Gasteiger partial charge in [0.1, 0.15) is 5.75 Å². The Hall–Kier alpha value is -2.32. The highest BCUT2D eigenvalue weighted by Crippen LogP contribution is 2.46. The van der Waals surface area contributed by atoms with Gasteiger partial charge in [0.15, 0.2) is 5.92 Å². The lowest BCUT2D eigenvalue weighted by molar-refractivity contribution is -0.240. The quantitative estimate of drug-likeness (QED) is 0.362. The van der Waals surface area contributed by atoms with Gasteiger partial charge in [-0.05, 0) is 39.7 Å². The van der Waals surface area contributed by atoms with Crippen LogP contribution in [0.1, 0.15) is 30.9 Å². The summed E-state index contributed by atoms with van der Waals surface area (Å²) in [5.74, 6) is -3.93. The van der Waals surface area contributed by atoms with E-state index in [1.54, 1.807) is 7.11 Å². The van der Waals surface area contributed by atoms with Gasteiger partial charge in [-0.1, -0.05) is 34.1 Å². The number of aromatic amines is 1. The SMILES string of the molecule is COc1c(Br)cc(Br)cc1[C@H](c1c[nH]c2ccccc12)C1C(=O)OC(C)(C)OC1=O. The summed E-state index contributed by atoms with van der Waals surface area (Å²) < 4.78 is 18.0. The lowest BCUT2D eigenvalue weighted by Crippen LogP contribution is -2.48. The number of H-pyrrole nitrogens is 1. The van der Waals surface area contributed by atoms with E-state index in [0.717, 1.165) is 20.9 Å². The number of ether oxygens (including phenoxy) is 3. The number of fused-ring (bicyclic) bond motifs is 1. The van der Waals surface area contributed by atoms with Crippen molar-refractivity contribution in [2.75, 3.05) is 7.11 Å². The first-order valence-electron chi connectivity index (χ1n) is 9.26. The number of aromatic nitrogens is 1. The zero-order valence-electron chi connectivity index (χ0n) is 16.5. The molecule has 0 unspecified atom stereocenters. The van der Waals surface area contributed by atoms with E-state index in [4.69, 9.17) is 14.2 Å². The molecule has 6 nitrogen and oxygen atoms in total. The number of nitrogens with one attached hydrogen (secondary N) is 1. The average molecular weight is 537 g/mol. The zero-order chi connectivity index (χ0) is 21.6. The first kappa shape index (κ1) is 20.9. The fraction of sp³-hybridized carbons (Fsp3) is 0.273. The first-order valence-corrected chi connectivity index (χ1v) is 10.8. The van der Waals surface area contributed by atoms with Crippen LogP contribution in [0.5, 0.6) is 5.75 Å². The number of esters is 2. The number of methoxy groups -OCH3 is 1. The predicted octanol–water partition coefficient (Wildman–Crippen LogP) is 5.29.